The molecule has 0 spiro atoms. The average molecular weight is 394 g/mol. The normalized spacial score (nSPS) is 11.1. The van der Waals surface area contributed by atoms with Crippen LogP contribution >= 0.6 is 15.9 Å². The summed E-state index contributed by atoms with van der Waals surface area (Å²) in [6, 6.07) is 0. The van der Waals surface area contributed by atoms with Crippen molar-refractivity contribution >= 4 is 38.8 Å². The molecule has 0 aliphatic heterocycles. The van der Waals surface area contributed by atoms with Crippen molar-refractivity contribution in [1.29, 1.82) is 0 Å². The Morgan fingerprint density at radius 2 is 2.17 bits per heavy atom. The quantitative estimate of drug-likeness (QED) is 0.586. The third kappa shape index (κ3) is 3.20. The first-order valence-corrected chi connectivity index (χ1v) is 8.19. The van der Waals surface area contributed by atoms with E-state index in [9.17, 15) is 4.79 Å². The maximum absolute atomic E-state index is 12.1. The number of nitrogens with one attached hydrogen (secondary N) is 1. The first-order chi connectivity index (χ1) is 11.6. The molecule has 3 N–H and O–H groups in total. The molecule has 0 atom stereocenters. The van der Waals surface area contributed by atoms with Crippen LogP contribution in [0.3, 0.4) is 0 Å². The zero-order valence-corrected chi connectivity index (χ0v) is 14.6. The number of halogens is 1. The van der Waals surface area contributed by atoms with E-state index in [0.29, 0.717) is 47.6 Å². The lowest BCUT2D eigenvalue weighted by molar-refractivity contribution is 0.0946. The van der Waals surface area contributed by atoms with E-state index in [4.69, 9.17) is 5.73 Å². The lowest BCUT2D eigenvalue weighted by Gasteiger charge is -2.05. The van der Waals surface area contributed by atoms with E-state index in [2.05, 4.69) is 46.4 Å². The summed E-state index contributed by atoms with van der Waals surface area (Å²) in [6.45, 7) is 3.64. The maximum atomic E-state index is 12.1. The number of rotatable bonds is 6. The Labute approximate surface area is 145 Å². The van der Waals surface area contributed by atoms with Crippen molar-refractivity contribution in [3.8, 4) is 0 Å². The number of aryl methyl sites for hydroxylation is 2. The van der Waals surface area contributed by atoms with Crippen LogP contribution in [0.2, 0.25) is 0 Å². The summed E-state index contributed by atoms with van der Waals surface area (Å²) in [4.78, 5) is 25.8. The molecule has 0 fully saturated rings. The van der Waals surface area contributed by atoms with Crippen LogP contribution in [0.25, 0.3) is 11.2 Å². The van der Waals surface area contributed by atoms with Gasteiger partial charge in [-0.3, -0.25) is 4.79 Å². The summed E-state index contributed by atoms with van der Waals surface area (Å²) in [7, 11) is 0. The molecule has 3 aromatic rings. The Balaban J connectivity index is 1.55. The van der Waals surface area contributed by atoms with E-state index in [0.717, 1.165) is 0 Å². The molecule has 0 radical (unpaired) electrons. The highest BCUT2D eigenvalue weighted by Crippen LogP contribution is 2.14. The number of carbonyl (C=O) groups is 1. The van der Waals surface area contributed by atoms with Gasteiger partial charge in [0.15, 0.2) is 21.8 Å². The number of carbonyl (C=O) groups excluding carboxylic acids is 1. The van der Waals surface area contributed by atoms with Crippen LogP contribution in [-0.4, -0.2) is 47.0 Å². The maximum Gasteiger partial charge on any atom is 0.274 e. The van der Waals surface area contributed by atoms with E-state index >= 15 is 0 Å². The fourth-order valence-corrected chi connectivity index (χ4v) is 2.65. The number of hydrogen-bond acceptors (Lipinski definition) is 7. The van der Waals surface area contributed by atoms with Gasteiger partial charge in [0, 0.05) is 13.1 Å². The smallest absolute Gasteiger partial charge is 0.274 e. The van der Waals surface area contributed by atoms with E-state index in [1.807, 2.05) is 11.5 Å². The minimum Gasteiger partial charge on any atom is -0.382 e. The Bertz CT molecular complexity index is 872. The second-order valence-electron chi connectivity index (χ2n) is 5.01. The van der Waals surface area contributed by atoms with Gasteiger partial charge in [-0.2, -0.15) is 4.80 Å². The average Bonchev–Trinajstić information content (AvgIpc) is 3.16. The molecule has 0 bridgehead atoms. The molecule has 0 saturated carbocycles. The Hall–Kier alpha value is -2.56. The van der Waals surface area contributed by atoms with Gasteiger partial charge in [0.05, 0.1) is 12.9 Å². The van der Waals surface area contributed by atoms with Gasteiger partial charge in [-0.15, -0.1) is 10.2 Å². The molecule has 126 valence electrons. The van der Waals surface area contributed by atoms with Gasteiger partial charge in [-0.05, 0) is 29.3 Å². The summed E-state index contributed by atoms with van der Waals surface area (Å²) in [5.74, 6) is 0.0968. The lowest BCUT2D eigenvalue weighted by atomic mass is 10.3. The largest absolute Gasteiger partial charge is 0.382 e. The third-order valence-electron chi connectivity index (χ3n) is 3.40. The van der Waals surface area contributed by atoms with Gasteiger partial charge in [-0.25, -0.2) is 15.0 Å². The van der Waals surface area contributed by atoms with Crippen LogP contribution in [0.5, 0.6) is 0 Å². The van der Waals surface area contributed by atoms with Crippen LogP contribution < -0.4 is 11.1 Å². The molecular weight excluding hydrogens is 378 g/mol. The first kappa shape index (κ1) is 16.3. The molecule has 10 nitrogen and oxygen atoms in total. The molecule has 0 aliphatic carbocycles. The number of nitrogen functional groups attached to an aromatic ring is 1. The Morgan fingerprint density at radius 3 is 2.92 bits per heavy atom. The minimum absolute atomic E-state index is 0.261. The number of aromatic nitrogens is 7. The van der Waals surface area contributed by atoms with Crippen molar-refractivity contribution in [2.75, 3.05) is 12.3 Å². The number of fused-ring (bicyclic) bond motifs is 1. The minimum atomic E-state index is -0.261. The van der Waals surface area contributed by atoms with Gasteiger partial charge < -0.3 is 15.6 Å². The summed E-state index contributed by atoms with van der Waals surface area (Å²) < 4.78 is 2.32. The van der Waals surface area contributed by atoms with Crippen molar-refractivity contribution in [3.05, 3.63) is 23.0 Å². The predicted octanol–water partition coefficient (Wildman–Crippen LogP) is 0.602. The van der Waals surface area contributed by atoms with Gasteiger partial charge >= 0.3 is 0 Å². The second kappa shape index (κ2) is 6.91. The topological polar surface area (TPSA) is 129 Å². The number of nitrogens with zero attached hydrogens (tertiary/aromatic N) is 7. The summed E-state index contributed by atoms with van der Waals surface area (Å²) in [6.07, 6.45) is 3.79. The molecule has 1 amide bonds. The summed E-state index contributed by atoms with van der Waals surface area (Å²) in [5, 5.41) is 11.0. The number of imidazole rings is 1. The third-order valence-corrected chi connectivity index (χ3v) is 3.94. The van der Waals surface area contributed by atoms with Crippen molar-refractivity contribution in [2.24, 2.45) is 0 Å². The van der Waals surface area contributed by atoms with Gasteiger partial charge in [0.25, 0.3) is 5.91 Å². The van der Waals surface area contributed by atoms with Gasteiger partial charge in [-0.1, -0.05) is 0 Å². The molecule has 0 unspecified atom stereocenters. The van der Waals surface area contributed by atoms with Crippen LogP contribution in [-0.2, 0) is 13.1 Å². The molecule has 0 aromatic carbocycles. The van der Waals surface area contributed by atoms with E-state index in [1.165, 1.54) is 11.1 Å². The fraction of sp³-hybridized carbons (Fsp3) is 0.385. The monoisotopic (exact) mass is 393 g/mol. The van der Waals surface area contributed by atoms with Crippen LogP contribution in [0, 0.1) is 0 Å². The zero-order chi connectivity index (χ0) is 17.1. The summed E-state index contributed by atoms with van der Waals surface area (Å²) >= 11 is 3.24. The van der Waals surface area contributed by atoms with Gasteiger partial charge in [0.2, 0.25) is 0 Å². The molecule has 0 saturated heterocycles. The van der Waals surface area contributed by atoms with Crippen molar-refractivity contribution in [2.45, 2.75) is 26.4 Å². The SMILES string of the molecule is CCn1nc(Br)c(C(=O)NCCCn2cnc3c(N)ncnc32)n1. The van der Waals surface area contributed by atoms with E-state index < -0.39 is 0 Å². The molecule has 3 aromatic heterocycles. The highest BCUT2D eigenvalue weighted by Gasteiger charge is 2.16. The summed E-state index contributed by atoms with van der Waals surface area (Å²) in [5.41, 5.74) is 7.30. The van der Waals surface area contributed by atoms with Crippen LogP contribution in [0.4, 0.5) is 5.82 Å². The Morgan fingerprint density at radius 1 is 1.33 bits per heavy atom. The van der Waals surface area contributed by atoms with Crippen LogP contribution in [0.15, 0.2) is 17.3 Å². The molecule has 24 heavy (non-hydrogen) atoms. The fourth-order valence-electron chi connectivity index (χ4n) is 2.21. The number of amides is 1. The highest BCUT2D eigenvalue weighted by atomic mass is 79.9. The van der Waals surface area contributed by atoms with Crippen molar-refractivity contribution < 1.29 is 4.79 Å². The molecule has 3 rings (SSSR count). The van der Waals surface area contributed by atoms with Crippen molar-refractivity contribution in [1.82, 2.24) is 39.8 Å². The number of hydrogen-bond donors (Lipinski definition) is 2. The molecular formula is C13H16BrN9O. The van der Waals surface area contributed by atoms with Crippen molar-refractivity contribution in [3.63, 3.8) is 0 Å². The van der Waals surface area contributed by atoms with Gasteiger partial charge in [0.1, 0.15) is 11.8 Å². The van der Waals surface area contributed by atoms with E-state index in [-0.39, 0.29) is 11.6 Å². The number of anilines is 1. The van der Waals surface area contributed by atoms with E-state index in [1.54, 1.807) is 6.33 Å². The predicted molar refractivity (Wildman–Crippen MR) is 90.1 cm³/mol. The standard InChI is InChI=1S/C13H16BrN9O/c1-2-23-20-8(10(14)21-23)13(24)16-4-3-5-22-7-19-9-11(15)17-6-18-12(9)22/h6-7H,2-5H2,1H3,(H,16,24)(H2,15,17,18). The molecule has 3 heterocycles. The van der Waals surface area contributed by atoms with Crippen LogP contribution in [0.1, 0.15) is 23.8 Å². The first-order valence-electron chi connectivity index (χ1n) is 7.40. The highest BCUT2D eigenvalue weighted by molar-refractivity contribution is 9.10. The Kier molecular flexibility index (Phi) is 4.69. The second-order valence-corrected chi connectivity index (χ2v) is 5.76. The molecule has 0 aliphatic rings. The lowest BCUT2D eigenvalue weighted by Crippen LogP contribution is -2.26. The zero-order valence-electron chi connectivity index (χ0n) is 13.0. The number of nitrogens with two attached hydrogens (primary N) is 1. The molecule has 11 heteroatoms.